The van der Waals surface area contributed by atoms with Gasteiger partial charge in [0.2, 0.25) is 16.5 Å². The Kier molecular flexibility index (Phi) is 4.15. The summed E-state index contributed by atoms with van der Waals surface area (Å²) in [5.74, 6) is 0.902. The van der Waals surface area contributed by atoms with Crippen molar-refractivity contribution in [2.75, 3.05) is 25.1 Å². The number of anilines is 1. The average molecular weight is 263 g/mol. The standard InChI is InChI=1S/C9H12Cl2N4O/c10-7-13-8(11)15-9(14-7)12-4-6-2-1-3-16-5-6/h6H,1-5H2,(H,12,13,14,15). The third kappa shape index (κ3) is 3.43. The Hall–Kier alpha value is -0.650. The molecule has 2 heterocycles. The normalized spacial score (nSPS) is 20.8. The zero-order valence-corrected chi connectivity index (χ0v) is 10.1. The van der Waals surface area contributed by atoms with Crippen LogP contribution < -0.4 is 5.32 Å². The maximum atomic E-state index is 5.66. The van der Waals surface area contributed by atoms with Gasteiger partial charge >= 0.3 is 0 Å². The fourth-order valence-corrected chi connectivity index (χ4v) is 1.97. The summed E-state index contributed by atoms with van der Waals surface area (Å²) in [7, 11) is 0. The van der Waals surface area contributed by atoms with Gasteiger partial charge in [-0.25, -0.2) is 0 Å². The smallest absolute Gasteiger partial charge is 0.228 e. The molecule has 1 N–H and O–H groups in total. The third-order valence-electron chi connectivity index (χ3n) is 2.38. The highest BCUT2D eigenvalue weighted by molar-refractivity contribution is 6.31. The minimum absolute atomic E-state index is 0.0994. The van der Waals surface area contributed by atoms with Crippen LogP contribution in [-0.2, 0) is 4.74 Å². The number of halogens is 2. The predicted molar refractivity (Wildman–Crippen MR) is 61.9 cm³/mol. The first-order valence-corrected chi connectivity index (χ1v) is 5.88. The van der Waals surface area contributed by atoms with E-state index in [1.807, 2.05) is 0 Å². The van der Waals surface area contributed by atoms with Gasteiger partial charge in [0.15, 0.2) is 0 Å². The van der Waals surface area contributed by atoms with Gasteiger partial charge in [0.05, 0.1) is 6.61 Å². The molecule has 0 radical (unpaired) electrons. The van der Waals surface area contributed by atoms with Gasteiger partial charge in [-0.3, -0.25) is 0 Å². The van der Waals surface area contributed by atoms with Crippen molar-refractivity contribution in [3.8, 4) is 0 Å². The van der Waals surface area contributed by atoms with Crippen molar-refractivity contribution in [1.82, 2.24) is 15.0 Å². The molecule has 0 saturated carbocycles. The number of aromatic nitrogens is 3. The average Bonchev–Trinajstić information content (AvgIpc) is 2.27. The second-order valence-electron chi connectivity index (χ2n) is 3.66. The summed E-state index contributed by atoms with van der Waals surface area (Å²) < 4.78 is 5.37. The Bertz CT molecular complexity index is 337. The zero-order valence-electron chi connectivity index (χ0n) is 8.62. The van der Waals surface area contributed by atoms with Crippen molar-refractivity contribution < 1.29 is 4.74 Å². The molecule has 1 atom stereocenters. The van der Waals surface area contributed by atoms with Crippen molar-refractivity contribution in [3.63, 3.8) is 0 Å². The van der Waals surface area contributed by atoms with E-state index < -0.39 is 0 Å². The number of hydrogen-bond donors (Lipinski definition) is 1. The number of nitrogens with one attached hydrogen (secondary N) is 1. The van der Waals surface area contributed by atoms with Gasteiger partial charge < -0.3 is 10.1 Å². The van der Waals surface area contributed by atoms with Crippen LogP contribution in [0, 0.1) is 5.92 Å². The molecule has 1 saturated heterocycles. The van der Waals surface area contributed by atoms with Crippen LogP contribution >= 0.6 is 23.2 Å². The Morgan fingerprint density at radius 3 is 2.62 bits per heavy atom. The largest absolute Gasteiger partial charge is 0.381 e. The lowest BCUT2D eigenvalue weighted by atomic mass is 10.0. The van der Waals surface area contributed by atoms with E-state index in [-0.39, 0.29) is 10.6 Å². The molecule has 1 fully saturated rings. The molecule has 1 aliphatic heterocycles. The summed E-state index contributed by atoms with van der Waals surface area (Å²) >= 11 is 11.3. The molecule has 2 rings (SSSR count). The topological polar surface area (TPSA) is 59.9 Å². The quantitative estimate of drug-likeness (QED) is 0.903. The van der Waals surface area contributed by atoms with Crippen molar-refractivity contribution >= 4 is 29.2 Å². The first kappa shape index (κ1) is 11.8. The summed E-state index contributed by atoms with van der Waals surface area (Å²) in [4.78, 5) is 11.5. The van der Waals surface area contributed by atoms with E-state index in [0.29, 0.717) is 11.9 Å². The van der Waals surface area contributed by atoms with Crippen LogP contribution in [0.2, 0.25) is 10.6 Å². The predicted octanol–water partition coefficient (Wildman–Crippen LogP) is 2.02. The van der Waals surface area contributed by atoms with Gasteiger partial charge in [0.1, 0.15) is 0 Å². The number of ether oxygens (including phenoxy) is 1. The lowest BCUT2D eigenvalue weighted by molar-refractivity contribution is 0.0594. The number of rotatable bonds is 3. The molecular formula is C9H12Cl2N4O. The maximum absolute atomic E-state index is 5.66. The van der Waals surface area contributed by atoms with E-state index in [1.165, 1.54) is 0 Å². The lowest BCUT2D eigenvalue weighted by Gasteiger charge is -2.22. The van der Waals surface area contributed by atoms with Gasteiger partial charge in [0.25, 0.3) is 0 Å². The molecule has 1 aromatic heterocycles. The Balaban J connectivity index is 1.88. The van der Waals surface area contributed by atoms with E-state index in [4.69, 9.17) is 27.9 Å². The molecule has 7 heteroatoms. The molecular weight excluding hydrogens is 251 g/mol. The molecule has 1 unspecified atom stereocenters. The van der Waals surface area contributed by atoms with Gasteiger partial charge in [0, 0.05) is 13.2 Å². The monoisotopic (exact) mass is 262 g/mol. The van der Waals surface area contributed by atoms with Crippen LogP contribution in [0.4, 0.5) is 5.95 Å². The second kappa shape index (κ2) is 5.61. The van der Waals surface area contributed by atoms with Gasteiger partial charge in [-0.1, -0.05) is 0 Å². The van der Waals surface area contributed by atoms with E-state index >= 15 is 0 Å². The SMILES string of the molecule is Clc1nc(Cl)nc(NCC2CCCOC2)n1. The highest BCUT2D eigenvalue weighted by Crippen LogP contribution is 2.15. The molecule has 88 valence electrons. The van der Waals surface area contributed by atoms with Crippen LogP contribution in [0.25, 0.3) is 0 Å². The van der Waals surface area contributed by atoms with Crippen molar-refractivity contribution in [2.24, 2.45) is 5.92 Å². The fraction of sp³-hybridized carbons (Fsp3) is 0.667. The molecule has 1 aliphatic rings. The first-order chi connectivity index (χ1) is 7.74. The minimum Gasteiger partial charge on any atom is -0.381 e. The van der Waals surface area contributed by atoms with E-state index in [0.717, 1.165) is 32.6 Å². The van der Waals surface area contributed by atoms with Crippen LogP contribution in [0.15, 0.2) is 0 Å². The van der Waals surface area contributed by atoms with Gasteiger partial charge in [-0.15, -0.1) is 0 Å². The molecule has 1 aromatic rings. The molecule has 0 bridgehead atoms. The Morgan fingerprint density at radius 1 is 1.25 bits per heavy atom. The third-order valence-corrected chi connectivity index (χ3v) is 2.72. The van der Waals surface area contributed by atoms with E-state index in [2.05, 4.69) is 20.3 Å². The zero-order chi connectivity index (χ0) is 11.4. The lowest BCUT2D eigenvalue weighted by Crippen LogP contribution is -2.25. The molecule has 5 nitrogen and oxygen atoms in total. The highest BCUT2D eigenvalue weighted by atomic mass is 35.5. The van der Waals surface area contributed by atoms with Crippen LogP contribution in [0.5, 0.6) is 0 Å². The van der Waals surface area contributed by atoms with Crippen LogP contribution in [0.1, 0.15) is 12.8 Å². The Labute approximate surface area is 104 Å². The first-order valence-electron chi connectivity index (χ1n) is 5.13. The molecule has 16 heavy (non-hydrogen) atoms. The summed E-state index contributed by atoms with van der Waals surface area (Å²) in [6.45, 7) is 2.40. The van der Waals surface area contributed by atoms with Crippen molar-refractivity contribution in [1.29, 1.82) is 0 Å². The molecule has 0 spiro atoms. The fourth-order valence-electron chi connectivity index (χ4n) is 1.61. The molecule has 0 aromatic carbocycles. The second-order valence-corrected chi connectivity index (χ2v) is 4.34. The van der Waals surface area contributed by atoms with Crippen LogP contribution in [-0.4, -0.2) is 34.7 Å². The van der Waals surface area contributed by atoms with Crippen molar-refractivity contribution in [3.05, 3.63) is 10.6 Å². The van der Waals surface area contributed by atoms with E-state index in [9.17, 15) is 0 Å². The van der Waals surface area contributed by atoms with Crippen LogP contribution in [0.3, 0.4) is 0 Å². The molecule has 0 aliphatic carbocycles. The molecule has 0 amide bonds. The summed E-state index contributed by atoms with van der Waals surface area (Å²) in [5, 5.41) is 3.28. The summed E-state index contributed by atoms with van der Waals surface area (Å²) in [5.41, 5.74) is 0. The Morgan fingerprint density at radius 2 is 2.00 bits per heavy atom. The number of nitrogens with zero attached hydrogens (tertiary/aromatic N) is 3. The maximum Gasteiger partial charge on any atom is 0.228 e. The van der Waals surface area contributed by atoms with E-state index in [1.54, 1.807) is 0 Å². The minimum atomic E-state index is 0.0994. The van der Waals surface area contributed by atoms with Gasteiger partial charge in [-0.2, -0.15) is 15.0 Å². The highest BCUT2D eigenvalue weighted by Gasteiger charge is 2.14. The number of hydrogen-bond acceptors (Lipinski definition) is 5. The van der Waals surface area contributed by atoms with Gasteiger partial charge in [-0.05, 0) is 42.0 Å². The summed E-state index contributed by atoms with van der Waals surface area (Å²) in [6.07, 6.45) is 2.25. The van der Waals surface area contributed by atoms with Crippen molar-refractivity contribution in [2.45, 2.75) is 12.8 Å². The summed E-state index contributed by atoms with van der Waals surface area (Å²) in [6, 6.07) is 0.